The second kappa shape index (κ2) is 5.01. The topological polar surface area (TPSA) is 68.5 Å². The van der Waals surface area contributed by atoms with E-state index in [0.29, 0.717) is 23.2 Å². The average Bonchev–Trinajstić information content (AvgIpc) is 3.01. The molecule has 0 amide bonds. The normalized spacial score (nSPS) is 16.4. The summed E-state index contributed by atoms with van der Waals surface area (Å²) in [6.07, 6.45) is 7.58. The van der Waals surface area contributed by atoms with Crippen molar-refractivity contribution in [2.75, 3.05) is 11.9 Å². The SMILES string of the molecule is CC(C)C1(CNc2nc(Cl)nc(-n3ccnc3)n2)CC1. The van der Waals surface area contributed by atoms with Crippen molar-refractivity contribution >= 4 is 17.5 Å². The van der Waals surface area contributed by atoms with Gasteiger partial charge in [0.2, 0.25) is 17.2 Å². The predicted molar refractivity (Wildman–Crippen MR) is 77.0 cm³/mol. The molecule has 2 aromatic rings. The maximum atomic E-state index is 5.96. The molecule has 0 radical (unpaired) electrons. The van der Waals surface area contributed by atoms with E-state index in [2.05, 4.69) is 39.1 Å². The van der Waals surface area contributed by atoms with E-state index in [1.54, 1.807) is 23.3 Å². The number of hydrogen-bond donors (Lipinski definition) is 1. The molecule has 2 aromatic heterocycles. The van der Waals surface area contributed by atoms with Gasteiger partial charge in [-0.2, -0.15) is 15.0 Å². The number of aromatic nitrogens is 5. The molecule has 0 atom stereocenters. The molecule has 0 saturated heterocycles. The smallest absolute Gasteiger partial charge is 0.241 e. The Labute approximate surface area is 122 Å². The van der Waals surface area contributed by atoms with Crippen molar-refractivity contribution in [3.8, 4) is 5.95 Å². The van der Waals surface area contributed by atoms with Crippen molar-refractivity contribution in [1.29, 1.82) is 0 Å². The van der Waals surface area contributed by atoms with E-state index in [1.165, 1.54) is 12.8 Å². The molecule has 1 aliphatic rings. The zero-order valence-corrected chi connectivity index (χ0v) is 12.3. The molecule has 0 unspecified atom stereocenters. The average molecular weight is 293 g/mol. The molecular formula is C13H17ClN6. The third-order valence-electron chi connectivity index (χ3n) is 4.05. The summed E-state index contributed by atoms with van der Waals surface area (Å²) in [5.41, 5.74) is 0.383. The first-order valence-corrected chi connectivity index (χ1v) is 7.11. The van der Waals surface area contributed by atoms with E-state index in [9.17, 15) is 0 Å². The molecule has 0 spiro atoms. The monoisotopic (exact) mass is 292 g/mol. The quantitative estimate of drug-likeness (QED) is 0.917. The van der Waals surface area contributed by atoms with E-state index in [0.717, 1.165) is 6.54 Å². The zero-order chi connectivity index (χ0) is 14.2. The molecule has 0 bridgehead atoms. The van der Waals surface area contributed by atoms with Gasteiger partial charge in [0.25, 0.3) is 0 Å². The first kappa shape index (κ1) is 13.3. The summed E-state index contributed by atoms with van der Waals surface area (Å²) in [4.78, 5) is 16.6. The van der Waals surface area contributed by atoms with Gasteiger partial charge in [-0.1, -0.05) is 13.8 Å². The minimum atomic E-state index is 0.181. The Kier molecular flexibility index (Phi) is 3.33. The highest BCUT2D eigenvalue weighted by Crippen LogP contribution is 2.51. The van der Waals surface area contributed by atoms with Gasteiger partial charge < -0.3 is 5.32 Å². The lowest BCUT2D eigenvalue weighted by Crippen LogP contribution is -2.22. The molecule has 7 heteroatoms. The number of nitrogens with zero attached hydrogens (tertiary/aromatic N) is 5. The summed E-state index contributed by atoms with van der Waals surface area (Å²) in [7, 11) is 0. The summed E-state index contributed by atoms with van der Waals surface area (Å²) in [5, 5.41) is 3.47. The van der Waals surface area contributed by atoms with Crippen LogP contribution in [0.1, 0.15) is 26.7 Å². The third-order valence-corrected chi connectivity index (χ3v) is 4.22. The molecular weight excluding hydrogens is 276 g/mol. The molecule has 1 aliphatic carbocycles. The number of nitrogens with one attached hydrogen (secondary N) is 1. The van der Waals surface area contributed by atoms with Crippen molar-refractivity contribution < 1.29 is 0 Å². The summed E-state index contributed by atoms with van der Waals surface area (Å²) in [5.74, 6) is 1.64. The lowest BCUT2D eigenvalue weighted by Gasteiger charge is -2.20. The van der Waals surface area contributed by atoms with Crippen molar-refractivity contribution in [2.45, 2.75) is 26.7 Å². The second-order valence-electron chi connectivity index (χ2n) is 5.57. The Morgan fingerprint density at radius 3 is 2.75 bits per heavy atom. The first-order valence-electron chi connectivity index (χ1n) is 6.73. The van der Waals surface area contributed by atoms with E-state index in [4.69, 9.17) is 11.6 Å². The highest BCUT2D eigenvalue weighted by Gasteiger charge is 2.45. The predicted octanol–water partition coefficient (Wildman–Crippen LogP) is 2.56. The number of hydrogen-bond acceptors (Lipinski definition) is 5. The fourth-order valence-electron chi connectivity index (χ4n) is 2.29. The van der Waals surface area contributed by atoms with Gasteiger partial charge in [0, 0.05) is 18.9 Å². The van der Waals surface area contributed by atoms with Crippen molar-refractivity contribution in [1.82, 2.24) is 24.5 Å². The largest absolute Gasteiger partial charge is 0.353 e. The maximum Gasteiger partial charge on any atom is 0.241 e. The summed E-state index contributed by atoms with van der Waals surface area (Å²) < 4.78 is 1.70. The molecule has 0 aromatic carbocycles. The van der Waals surface area contributed by atoms with Crippen LogP contribution in [0.5, 0.6) is 0 Å². The van der Waals surface area contributed by atoms with Gasteiger partial charge >= 0.3 is 0 Å². The lowest BCUT2D eigenvalue weighted by molar-refractivity contribution is 0.379. The Hall–Kier alpha value is -1.69. The summed E-state index contributed by atoms with van der Waals surface area (Å²) in [6.45, 7) is 5.38. The number of rotatable bonds is 5. The molecule has 6 nitrogen and oxygen atoms in total. The van der Waals surface area contributed by atoms with Gasteiger partial charge in [-0.15, -0.1) is 0 Å². The van der Waals surface area contributed by atoms with E-state index in [1.807, 2.05) is 0 Å². The molecule has 20 heavy (non-hydrogen) atoms. The first-order chi connectivity index (χ1) is 9.59. The van der Waals surface area contributed by atoms with Crippen LogP contribution in [-0.2, 0) is 0 Å². The van der Waals surface area contributed by atoms with Gasteiger partial charge in [0.15, 0.2) is 0 Å². The minimum Gasteiger partial charge on any atom is -0.353 e. The molecule has 0 aliphatic heterocycles. The van der Waals surface area contributed by atoms with Gasteiger partial charge in [-0.05, 0) is 35.8 Å². The van der Waals surface area contributed by atoms with Crippen LogP contribution in [0.3, 0.4) is 0 Å². The fourth-order valence-corrected chi connectivity index (χ4v) is 2.44. The third kappa shape index (κ3) is 2.60. The Bertz CT molecular complexity index is 591. The Morgan fingerprint density at radius 2 is 2.15 bits per heavy atom. The van der Waals surface area contributed by atoms with Gasteiger partial charge in [0.1, 0.15) is 6.33 Å². The van der Waals surface area contributed by atoms with Gasteiger partial charge in [-0.3, -0.25) is 4.57 Å². The van der Waals surface area contributed by atoms with Gasteiger partial charge in [0.05, 0.1) is 0 Å². The molecule has 1 N–H and O–H groups in total. The van der Waals surface area contributed by atoms with E-state index in [-0.39, 0.29) is 5.28 Å². The lowest BCUT2D eigenvalue weighted by atomic mass is 9.92. The van der Waals surface area contributed by atoms with Crippen LogP contribution >= 0.6 is 11.6 Å². The summed E-state index contributed by atoms with van der Waals surface area (Å²) in [6, 6.07) is 0. The van der Waals surface area contributed by atoms with E-state index < -0.39 is 0 Å². The Balaban J connectivity index is 1.77. The van der Waals surface area contributed by atoms with Crippen molar-refractivity contribution in [3.05, 3.63) is 24.0 Å². The second-order valence-corrected chi connectivity index (χ2v) is 5.91. The Morgan fingerprint density at radius 1 is 1.35 bits per heavy atom. The molecule has 1 fully saturated rings. The van der Waals surface area contributed by atoms with Crippen LogP contribution in [0.15, 0.2) is 18.7 Å². The summed E-state index contributed by atoms with van der Waals surface area (Å²) >= 11 is 5.96. The number of anilines is 1. The molecule has 1 saturated carbocycles. The van der Waals surface area contributed by atoms with Gasteiger partial charge in [-0.25, -0.2) is 4.98 Å². The fraction of sp³-hybridized carbons (Fsp3) is 0.538. The highest BCUT2D eigenvalue weighted by molar-refractivity contribution is 6.28. The van der Waals surface area contributed by atoms with Crippen LogP contribution < -0.4 is 5.32 Å². The number of halogens is 1. The molecule has 2 heterocycles. The van der Waals surface area contributed by atoms with Crippen LogP contribution in [-0.4, -0.2) is 31.0 Å². The standard InChI is InChI=1S/C13H17ClN6/c1-9(2)13(3-4-13)7-16-11-17-10(14)18-12(19-11)20-6-5-15-8-20/h5-6,8-9H,3-4,7H2,1-2H3,(H,16,17,18,19). The minimum absolute atomic E-state index is 0.181. The van der Waals surface area contributed by atoms with E-state index >= 15 is 0 Å². The maximum absolute atomic E-state index is 5.96. The van der Waals surface area contributed by atoms with Crippen LogP contribution in [0.2, 0.25) is 5.28 Å². The zero-order valence-electron chi connectivity index (χ0n) is 11.5. The molecule has 3 rings (SSSR count). The van der Waals surface area contributed by atoms with Crippen molar-refractivity contribution in [2.24, 2.45) is 11.3 Å². The number of imidazole rings is 1. The molecule has 106 valence electrons. The van der Waals surface area contributed by atoms with Crippen LogP contribution in [0.4, 0.5) is 5.95 Å². The van der Waals surface area contributed by atoms with Crippen LogP contribution in [0.25, 0.3) is 5.95 Å². The van der Waals surface area contributed by atoms with Crippen molar-refractivity contribution in [3.63, 3.8) is 0 Å². The van der Waals surface area contributed by atoms with Crippen LogP contribution in [0, 0.1) is 11.3 Å². The highest BCUT2D eigenvalue weighted by atomic mass is 35.5.